The molecule has 2 heterocycles. The van der Waals surface area contributed by atoms with Gasteiger partial charge in [-0.2, -0.15) is 0 Å². The minimum Gasteiger partial charge on any atom is -0.478 e. The molecule has 6 heteroatoms. The van der Waals surface area contributed by atoms with Gasteiger partial charge in [0.15, 0.2) is 0 Å². The lowest BCUT2D eigenvalue weighted by Gasteiger charge is -2.06. The SMILES string of the molecule is Cc1cccc2c(C(=O)O)cc(/C=C/c3ccc(-c4cc(Cl)ccc4Cl)o3)nc12. The van der Waals surface area contributed by atoms with Gasteiger partial charge in [0.2, 0.25) is 0 Å². The number of pyridine rings is 1. The fourth-order valence-corrected chi connectivity index (χ4v) is 3.50. The first-order valence-electron chi connectivity index (χ1n) is 8.79. The van der Waals surface area contributed by atoms with Crippen molar-refractivity contribution in [1.29, 1.82) is 0 Å². The van der Waals surface area contributed by atoms with Crippen molar-refractivity contribution in [3.8, 4) is 11.3 Å². The summed E-state index contributed by atoms with van der Waals surface area (Å²) < 4.78 is 5.84. The molecule has 0 amide bonds. The zero-order valence-electron chi connectivity index (χ0n) is 15.3. The molecule has 2 aromatic heterocycles. The highest BCUT2D eigenvalue weighted by Crippen LogP contribution is 2.32. The average molecular weight is 424 g/mol. The molecule has 144 valence electrons. The molecule has 0 atom stereocenters. The van der Waals surface area contributed by atoms with E-state index >= 15 is 0 Å². The molecule has 4 aromatic rings. The Morgan fingerprint density at radius 1 is 1.07 bits per heavy atom. The Hall–Kier alpha value is -3.08. The smallest absolute Gasteiger partial charge is 0.336 e. The van der Waals surface area contributed by atoms with Crippen molar-refractivity contribution in [2.45, 2.75) is 6.92 Å². The van der Waals surface area contributed by atoms with Crippen LogP contribution in [0.5, 0.6) is 0 Å². The second-order valence-corrected chi connectivity index (χ2v) is 7.37. The van der Waals surface area contributed by atoms with E-state index in [1.54, 1.807) is 54.6 Å². The van der Waals surface area contributed by atoms with E-state index in [-0.39, 0.29) is 5.56 Å². The summed E-state index contributed by atoms with van der Waals surface area (Å²) in [6, 6.07) is 15.8. The van der Waals surface area contributed by atoms with E-state index in [2.05, 4.69) is 4.98 Å². The fraction of sp³-hybridized carbons (Fsp3) is 0.0435. The third-order valence-electron chi connectivity index (χ3n) is 4.53. The molecule has 1 N–H and O–H groups in total. The topological polar surface area (TPSA) is 63.3 Å². The van der Waals surface area contributed by atoms with Gasteiger partial charge in [0.05, 0.1) is 21.8 Å². The van der Waals surface area contributed by atoms with Crippen LogP contribution < -0.4 is 0 Å². The average Bonchev–Trinajstić information content (AvgIpc) is 3.17. The van der Waals surface area contributed by atoms with E-state index in [1.165, 1.54) is 0 Å². The van der Waals surface area contributed by atoms with Crippen LogP contribution >= 0.6 is 23.2 Å². The second kappa shape index (κ2) is 7.74. The van der Waals surface area contributed by atoms with Crippen LogP contribution in [-0.4, -0.2) is 16.1 Å². The lowest BCUT2D eigenvalue weighted by atomic mass is 10.0. The minimum absolute atomic E-state index is 0.212. The lowest BCUT2D eigenvalue weighted by Crippen LogP contribution is -2.01. The first-order chi connectivity index (χ1) is 13.9. The van der Waals surface area contributed by atoms with Crippen molar-refractivity contribution in [2.24, 2.45) is 0 Å². The molecule has 0 bridgehead atoms. The molecular formula is C23H15Cl2NO3. The van der Waals surface area contributed by atoms with Crippen LogP contribution in [0, 0.1) is 6.92 Å². The molecule has 0 aliphatic carbocycles. The third-order valence-corrected chi connectivity index (χ3v) is 5.10. The highest BCUT2D eigenvalue weighted by molar-refractivity contribution is 6.35. The van der Waals surface area contributed by atoms with Gasteiger partial charge >= 0.3 is 5.97 Å². The Kier molecular flexibility index (Phi) is 5.14. The summed E-state index contributed by atoms with van der Waals surface area (Å²) in [5, 5.41) is 11.3. The standard InChI is InChI=1S/C23H15Cl2NO3/c1-13-3-2-4-17-18(23(27)28)12-15(26-22(13)17)6-7-16-8-10-21(29-16)19-11-14(24)5-9-20(19)25/h2-12H,1H3,(H,27,28)/b7-6+. The van der Waals surface area contributed by atoms with Gasteiger partial charge in [-0.25, -0.2) is 9.78 Å². The van der Waals surface area contributed by atoms with Gasteiger partial charge in [0, 0.05) is 16.0 Å². The summed E-state index contributed by atoms with van der Waals surface area (Å²) in [6.07, 6.45) is 3.46. The number of halogens is 2. The molecule has 2 aromatic carbocycles. The number of aryl methyl sites for hydroxylation is 1. The van der Waals surface area contributed by atoms with Gasteiger partial charge < -0.3 is 9.52 Å². The summed E-state index contributed by atoms with van der Waals surface area (Å²) in [5.74, 6) is 0.179. The van der Waals surface area contributed by atoms with Gasteiger partial charge in [-0.05, 0) is 61.0 Å². The van der Waals surface area contributed by atoms with Crippen LogP contribution in [0.1, 0.15) is 27.4 Å². The highest BCUT2D eigenvalue weighted by Gasteiger charge is 2.12. The number of nitrogens with zero attached hydrogens (tertiary/aromatic N) is 1. The summed E-state index contributed by atoms with van der Waals surface area (Å²) >= 11 is 12.3. The van der Waals surface area contributed by atoms with Crippen LogP contribution in [-0.2, 0) is 0 Å². The Balaban J connectivity index is 1.71. The van der Waals surface area contributed by atoms with Crippen molar-refractivity contribution in [2.75, 3.05) is 0 Å². The Bertz CT molecular complexity index is 1270. The number of aromatic carboxylic acids is 1. The number of carbonyl (C=O) groups is 1. The van der Waals surface area contributed by atoms with Crippen molar-refractivity contribution in [1.82, 2.24) is 4.98 Å². The maximum Gasteiger partial charge on any atom is 0.336 e. The maximum absolute atomic E-state index is 11.7. The van der Waals surface area contributed by atoms with E-state index < -0.39 is 5.97 Å². The first kappa shape index (κ1) is 19.2. The molecule has 0 aliphatic heterocycles. The molecular weight excluding hydrogens is 409 g/mol. The fourth-order valence-electron chi connectivity index (χ4n) is 3.12. The zero-order valence-corrected chi connectivity index (χ0v) is 16.8. The molecule has 0 spiro atoms. The largest absolute Gasteiger partial charge is 0.478 e. The monoisotopic (exact) mass is 423 g/mol. The van der Waals surface area contributed by atoms with Crippen molar-refractivity contribution in [3.63, 3.8) is 0 Å². The Labute approximate surface area is 177 Å². The number of hydrogen-bond acceptors (Lipinski definition) is 3. The lowest BCUT2D eigenvalue weighted by molar-refractivity contribution is 0.0699. The van der Waals surface area contributed by atoms with E-state index in [0.29, 0.717) is 43.7 Å². The van der Waals surface area contributed by atoms with E-state index in [1.807, 2.05) is 19.1 Å². The molecule has 0 saturated carbocycles. The zero-order chi connectivity index (χ0) is 20.5. The molecule has 0 radical (unpaired) electrons. The number of carboxylic acid groups (broad SMARTS) is 1. The predicted octanol–water partition coefficient (Wildman–Crippen LogP) is 6.98. The van der Waals surface area contributed by atoms with E-state index in [9.17, 15) is 9.90 Å². The summed E-state index contributed by atoms with van der Waals surface area (Å²) in [5.41, 5.74) is 3.02. The van der Waals surface area contributed by atoms with Crippen molar-refractivity contribution in [3.05, 3.63) is 87.2 Å². The normalized spacial score (nSPS) is 11.4. The van der Waals surface area contributed by atoms with Gasteiger partial charge in [-0.3, -0.25) is 0 Å². The summed E-state index contributed by atoms with van der Waals surface area (Å²) in [6.45, 7) is 1.90. The van der Waals surface area contributed by atoms with Crippen molar-refractivity contribution < 1.29 is 14.3 Å². The molecule has 0 unspecified atom stereocenters. The number of rotatable bonds is 4. The Morgan fingerprint density at radius 2 is 1.90 bits per heavy atom. The van der Waals surface area contributed by atoms with E-state index in [0.717, 1.165) is 5.56 Å². The van der Waals surface area contributed by atoms with E-state index in [4.69, 9.17) is 27.6 Å². The molecule has 0 aliphatic rings. The van der Waals surface area contributed by atoms with Gasteiger partial charge in [0.25, 0.3) is 0 Å². The number of benzene rings is 2. The number of para-hydroxylation sites is 1. The number of fused-ring (bicyclic) bond motifs is 1. The second-order valence-electron chi connectivity index (χ2n) is 6.53. The molecule has 4 nitrogen and oxygen atoms in total. The number of carboxylic acids is 1. The summed E-state index contributed by atoms with van der Waals surface area (Å²) in [7, 11) is 0. The molecule has 4 rings (SSSR count). The first-order valence-corrected chi connectivity index (χ1v) is 9.55. The van der Waals surface area contributed by atoms with Crippen LogP contribution in [0.4, 0.5) is 0 Å². The predicted molar refractivity (Wildman–Crippen MR) is 117 cm³/mol. The van der Waals surface area contributed by atoms with Crippen LogP contribution in [0.3, 0.4) is 0 Å². The van der Waals surface area contributed by atoms with Gasteiger partial charge in [0.1, 0.15) is 11.5 Å². The number of furan rings is 1. The summed E-state index contributed by atoms with van der Waals surface area (Å²) in [4.78, 5) is 16.3. The van der Waals surface area contributed by atoms with Crippen molar-refractivity contribution >= 4 is 52.2 Å². The Morgan fingerprint density at radius 3 is 2.69 bits per heavy atom. The molecule has 0 saturated heterocycles. The quantitative estimate of drug-likeness (QED) is 0.384. The van der Waals surface area contributed by atoms with Crippen LogP contribution in [0.2, 0.25) is 10.0 Å². The van der Waals surface area contributed by atoms with Gasteiger partial charge in [-0.1, -0.05) is 41.4 Å². The molecule has 29 heavy (non-hydrogen) atoms. The van der Waals surface area contributed by atoms with Crippen LogP contribution in [0.25, 0.3) is 34.4 Å². The van der Waals surface area contributed by atoms with Gasteiger partial charge in [-0.15, -0.1) is 0 Å². The number of hydrogen-bond donors (Lipinski definition) is 1. The number of aromatic nitrogens is 1. The highest BCUT2D eigenvalue weighted by atomic mass is 35.5. The maximum atomic E-state index is 11.7. The molecule has 0 fully saturated rings. The minimum atomic E-state index is -0.992. The van der Waals surface area contributed by atoms with Crippen LogP contribution in [0.15, 0.2) is 59.0 Å². The third kappa shape index (κ3) is 3.90.